The molecular formula is C24H38. The van der Waals surface area contributed by atoms with Gasteiger partial charge < -0.3 is 0 Å². The summed E-state index contributed by atoms with van der Waals surface area (Å²) >= 11 is 0. The van der Waals surface area contributed by atoms with E-state index in [9.17, 15) is 0 Å². The largest absolute Gasteiger partial charge is 0.0530 e. The van der Waals surface area contributed by atoms with Gasteiger partial charge in [-0.2, -0.15) is 0 Å². The standard InChI is InChI=1S/C24H38/c1-2-8-16-15(7-1)19-11-5-13-21-17-9-3-4-10-18(17)22-14-6-12-20(16)24(22)23(19)21/h15-24H,1-14H2. The van der Waals surface area contributed by atoms with Crippen LogP contribution in [0.2, 0.25) is 0 Å². The highest BCUT2D eigenvalue weighted by Crippen LogP contribution is 2.68. The minimum atomic E-state index is 1.17. The molecule has 0 saturated heterocycles. The van der Waals surface area contributed by atoms with E-state index < -0.39 is 0 Å². The Morgan fingerprint density at radius 2 is 0.500 bits per heavy atom. The summed E-state index contributed by atoms with van der Waals surface area (Å²) in [5.74, 6) is 11.8. The summed E-state index contributed by atoms with van der Waals surface area (Å²) in [6, 6.07) is 0. The van der Waals surface area contributed by atoms with Crippen molar-refractivity contribution in [2.75, 3.05) is 0 Å². The first kappa shape index (κ1) is 15.1. The molecule has 0 nitrogen and oxygen atoms in total. The molecule has 0 aromatic heterocycles. The molecule has 6 saturated carbocycles. The van der Waals surface area contributed by atoms with Crippen molar-refractivity contribution in [2.24, 2.45) is 59.2 Å². The van der Waals surface area contributed by atoms with E-state index in [1.54, 1.807) is 89.9 Å². The van der Waals surface area contributed by atoms with Gasteiger partial charge in [-0.1, -0.05) is 38.5 Å². The number of fused-ring (bicyclic) bond motifs is 6. The van der Waals surface area contributed by atoms with Gasteiger partial charge in [0.05, 0.1) is 0 Å². The lowest BCUT2D eigenvalue weighted by atomic mass is 9.38. The van der Waals surface area contributed by atoms with Crippen LogP contribution in [0, 0.1) is 59.2 Å². The Labute approximate surface area is 149 Å². The average Bonchev–Trinajstić information content (AvgIpc) is 2.67. The Kier molecular flexibility index (Phi) is 3.62. The number of hydrogen-bond acceptors (Lipinski definition) is 0. The van der Waals surface area contributed by atoms with Crippen LogP contribution in [0.15, 0.2) is 0 Å². The van der Waals surface area contributed by atoms with Crippen LogP contribution >= 0.6 is 0 Å². The topological polar surface area (TPSA) is 0 Å². The summed E-state index contributed by atoms with van der Waals surface area (Å²) in [6.45, 7) is 0. The molecule has 24 heavy (non-hydrogen) atoms. The van der Waals surface area contributed by atoms with Gasteiger partial charge in [-0.05, 0) is 111 Å². The lowest BCUT2D eigenvalue weighted by molar-refractivity contribution is -0.186. The van der Waals surface area contributed by atoms with E-state index in [0.29, 0.717) is 0 Å². The highest BCUT2D eigenvalue weighted by molar-refractivity contribution is 5.10. The third-order valence-corrected chi connectivity index (χ3v) is 10.5. The van der Waals surface area contributed by atoms with Gasteiger partial charge >= 0.3 is 0 Å². The van der Waals surface area contributed by atoms with Gasteiger partial charge in [0.1, 0.15) is 0 Å². The quantitative estimate of drug-likeness (QED) is 0.465. The van der Waals surface area contributed by atoms with E-state index in [1.165, 1.54) is 59.2 Å². The molecule has 6 aliphatic carbocycles. The van der Waals surface area contributed by atoms with E-state index in [-0.39, 0.29) is 0 Å². The lowest BCUT2D eigenvalue weighted by Crippen LogP contribution is -2.61. The molecule has 8 atom stereocenters. The van der Waals surface area contributed by atoms with Crippen molar-refractivity contribution >= 4 is 0 Å². The lowest BCUT2D eigenvalue weighted by Gasteiger charge is -2.67. The van der Waals surface area contributed by atoms with E-state index in [1.807, 2.05) is 0 Å². The van der Waals surface area contributed by atoms with Crippen LogP contribution in [0.25, 0.3) is 0 Å². The smallest absolute Gasteiger partial charge is 0.0318 e. The molecule has 0 aromatic carbocycles. The van der Waals surface area contributed by atoms with Crippen LogP contribution in [0.3, 0.4) is 0 Å². The Bertz CT molecular complexity index is 396. The zero-order valence-electron chi connectivity index (χ0n) is 15.7. The van der Waals surface area contributed by atoms with Crippen molar-refractivity contribution in [2.45, 2.75) is 89.9 Å². The molecule has 0 heterocycles. The summed E-state index contributed by atoms with van der Waals surface area (Å²) in [5, 5.41) is 0. The van der Waals surface area contributed by atoms with Crippen LogP contribution in [-0.2, 0) is 0 Å². The van der Waals surface area contributed by atoms with E-state index >= 15 is 0 Å². The summed E-state index contributed by atoms with van der Waals surface area (Å²) < 4.78 is 0. The summed E-state index contributed by atoms with van der Waals surface area (Å²) in [7, 11) is 0. The molecule has 6 rings (SSSR count). The molecule has 0 spiro atoms. The maximum Gasteiger partial charge on any atom is -0.0318 e. The van der Waals surface area contributed by atoms with Crippen LogP contribution in [-0.4, -0.2) is 0 Å². The third-order valence-electron chi connectivity index (χ3n) is 10.5. The Hall–Kier alpha value is 0. The maximum atomic E-state index is 1.63. The molecular weight excluding hydrogens is 288 g/mol. The minimum absolute atomic E-state index is 1.17. The summed E-state index contributed by atoms with van der Waals surface area (Å²) in [4.78, 5) is 0. The molecule has 0 N–H and O–H groups in total. The fraction of sp³-hybridized carbons (Fsp3) is 1.00. The predicted octanol–water partition coefficient (Wildman–Crippen LogP) is 6.69. The summed E-state index contributed by atoms with van der Waals surface area (Å²) in [6.07, 6.45) is 22.5. The van der Waals surface area contributed by atoms with E-state index in [0.717, 1.165) is 0 Å². The fourth-order valence-electron chi connectivity index (χ4n) is 10.2. The van der Waals surface area contributed by atoms with Crippen LogP contribution in [0.4, 0.5) is 0 Å². The highest BCUT2D eigenvalue weighted by Gasteiger charge is 2.61. The van der Waals surface area contributed by atoms with Gasteiger partial charge in [0.2, 0.25) is 0 Å². The molecule has 6 fully saturated rings. The highest BCUT2D eigenvalue weighted by atomic mass is 14.7. The Morgan fingerprint density at radius 1 is 0.250 bits per heavy atom. The van der Waals surface area contributed by atoms with Crippen molar-refractivity contribution in [1.82, 2.24) is 0 Å². The van der Waals surface area contributed by atoms with E-state index in [2.05, 4.69) is 0 Å². The normalized spacial score (nSPS) is 59.0. The first-order valence-electron chi connectivity index (χ1n) is 11.9. The molecule has 0 bridgehead atoms. The molecule has 8 unspecified atom stereocenters. The van der Waals surface area contributed by atoms with Crippen molar-refractivity contribution in [3.05, 3.63) is 0 Å². The van der Waals surface area contributed by atoms with Gasteiger partial charge in [-0.3, -0.25) is 0 Å². The Balaban J connectivity index is 1.44. The first-order valence-corrected chi connectivity index (χ1v) is 11.9. The van der Waals surface area contributed by atoms with Crippen molar-refractivity contribution in [3.8, 4) is 0 Å². The summed E-state index contributed by atoms with van der Waals surface area (Å²) in [5.41, 5.74) is 0. The van der Waals surface area contributed by atoms with E-state index in [4.69, 9.17) is 0 Å². The van der Waals surface area contributed by atoms with Gasteiger partial charge in [-0.25, -0.2) is 0 Å². The minimum Gasteiger partial charge on any atom is -0.0530 e. The zero-order chi connectivity index (χ0) is 15.7. The van der Waals surface area contributed by atoms with Crippen molar-refractivity contribution in [3.63, 3.8) is 0 Å². The van der Waals surface area contributed by atoms with Crippen LogP contribution in [0.1, 0.15) is 89.9 Å². The number of rotatable bonds is 0. The first-order chi connectivity index (χ1) is 11.9. The SMILES string of the molecule is C1CCC2C(C1)C1CCCC3C4CCCCC4C4CCCC2C4C13. The van der Waals surface area contributed by atoms with Crippen LogP contribution < -0.4 is 0 Å². The number of hydrogen-bond donors (Lipinski definition) is 0. The van der Waals surface area contributed by atoms with Gasteiger partial charge in [0.15, 0.2) is 0 Å². The monoisotopic (exact) mass is 326 g/mol. The van der Waals surface area contributed by atoms with Crippen LogP contribution in [0.5, 0.6) is 0 Å². The molecule has 0 heteroatoms. The van der Waals surface area contributed by atoms with Gasteiger partial charge in [0.25, 0.3) is 0 Å². The molecule has 0 aliphatic heterocycles. The molecule has 0 amide bonds. The van der Waals surface area contributed by atoms with Crippen molar-refractivity contribution < 1.29 is 0 Å². The second-order valence-electron chi connectivity index (χ2n) is 10.9. The Morgan fingerprint density at radius 3 is 0.792 bits per heavy atom. The van der Waals surface area contributed by atoms with Gasteiger partial charge in [0, 0.05) is 0 Å². The fourth-order valence-corrected chi connectivity index (χ4v) is 10.2. The zero-order valence-corrected chi connectivity index (χ0v) is 15.7. The second kappa shape index (κ2) is 5.75. The van der Waals surface area contributed by atoms with Crippen molar-refractivity contribution in [1.29, 1.82) is 0 Å². The molecule has 0 aromatic rings. The predicted molar refractivity (Wildman–Crippen MR) is 99.5 cm³/mol. The van der Waals surface area contributed by atoms with Gasteiger partial charge in [-0.15, -0.1) is 0 Å². The maximum absolute atomic E-state index is 1.63. The molecule has 0 radical (unpaired) electrons. The molecule has 6 aliphatic rings. The second-order valence-corrected chi connectivity index (χ2v) is 10.9. The third kappa shape index (κ3) is 1.98. The molecule has 134 valence electrons. The average molecular weight is 327 g/mol.